The standard InChI is InChI=1S/C21H27ClN4O2/c1-4-23-21(24-13-14-28-19-11-9-18(22)10-12-19)25-15-16-5-7-17(8-6-16)20(27)26(2)3/h5-12H,4,13-15H2,1-3H3,(H2,23,24,25). The molecule has 6 nitrogen and oxygen atoms in total. The van der Waals surface area contributed by atoms with Crippen LogP contribution in [0.3, 0.4) is 0 Å². The molecule has 1 amide bonds. The van der Waals surface area contributed by atoms with Crippen molar-refractivity contribution in [2.75, 3.05) is 33.8 Å². The zero-order chi connectivity index (χ0) is 20.4. The van der Waals surface area contributed by atoms with Crippen molar-refractivity contribution in [1.82, 2.24) is 15.5 Å². The second-order valence-corrected chi connectivity index (χ2v) is 6.76. The highest BCUT2D eigenvalue weighted by Gasteiger charge is 2.07. The van der Waals surface area contributed by atoms with Crippen molar-refractivity contribution < 1.29 is 9.53 Å². The molecular weight excluding hydrogens is 376 g/mol. The molecule has 0 spiro atoms. The first kappa shape index (κ1) is 21.6. The van der Waals surface area contributed by atoms with Gasteiger partial charge in [-0.1, -0.05) is 23.7 Å². The summed E-state index contributed by atoms with van der Waals surface area (Å²) < 4.78 is 5.67. The van der Waals surface area contributed by atoms with Crippen LogP contribution in [0.15, 0.2) is 53.5 Å². The molecule has 2 N–H and O–H groups in total. The Bertz CT molecular complexity index is 774. The van der Waals surface area contributed by atoms with Gasteiger partial charge >= 0.3 is 0 Å². The van der Waals surface area contributed by atoms with E-state index in [9.17, 15) is 4.79 Å². The van der Waals surface area contributed by atoms with Crippen molar-refractivity contribution in [2.24, 2.45) is 4.99 Å². The largest absolute Gasteiger partial charge is 0.492 e. The number of halogens is 1. The molecule has 0 aliphatic heterocycles. The number of nitrogens with zero attached hydrogens (tertiary/aromatic N) is 2. The molecule has 28 heavy (non-hydrogen) atoms. The number of ether oxygens (including phenoxy) is 1. The first-order valence-electron chi connectivity index (χ1n) is 9.20. The van der Waals surface area contributed by atoms with Gasteiger partial charge in [-0.05, 0) is 48.9 Å². The van der Waals surface area contributed by atoms with Crippen LogP contribution in [0.5, 0.6) is 5.75 Å². The molecule has 0 saturated carbocycles. The minimum atomic E-state index is -0.00857. The first-order valence-corrected chi connectivity index (χ1v) is 9.58. The Morgan fingerprint density at radius 3 is 2.36 bits per heavy atom. The van der Waals surface area contributed by atoms with Gasteiger partial charge in [0.25, 0.3) is 5.91 Å². The Hall–Kier alpha value is -2.73. The quantitative estimate of drug-likeness (QED) is 0.404. The molecular formula is C21H27ClN4O2. The minimum Gasteiger partial charge on any atom is -0.492 e. The molecule has 2 aromatic carbocycles. The maximum Gasteiger partial charge on any atom is 0.253 e. The van der Waals surface area contributed by atoms with E-state index < -0.39 is 0 Å². The summed E-state index contributed by atoms with van der Waals surface area (Å²) in [6.07, 6.45) is 0. The average molecular weight is 403 g/mol. The fourth-order valence-electron chi connectivity index (χ4n) is 2.39. The highest BCUT2D eigenvalue weighted by molar-refractivity contribution is 6.30. The van der Waals surface area contributed by atoms with E-state index in [1.54, 1.807) is 31.1 Å². The van der Waals surface area contributed by atoms with Gasteiger partial charge in [-0.15, -0.1) is 0 Å². The van der Waals surface area contributed by atoms with Crippen LogP contribution >= 0.6 is 11.6 Å². The van der Waals surface area contributed by atoms with Gasteiger partial charge in [0.1, 0.15) is 12.4 Å². The topological polar surface area (TPSA) is 66.0 Å². The van der Waals surface area contributed by atoms with Gasteiger partial charge in [0.15, 0.2) is 5.96 Å². The predicted octanol–water partition coefficient (Wildman–Crippen LogP) is 3.18. The van der Waals surface area contributed by atoms with Gasteiger partial charge in [0.2, 0.25) is 0 Å². The Kier molecular flexibility index (Phi) is 8.62. The lowest BCUT2D eigenvalue weighted by Crippen LogP contribution is -2.39. The van der Waals surface area contributed by atoms with Crippen molar-refractivity contribution in [3.8, 4) is 5.75 Å². The van der Waals surface area contributed by atoms with Gasteiger partial charge in [-0.3, -0.25) is 4.79 Å². The molecule has 0 aromatic heterocycles. The zero-order valence-electron chi connectivity index (χ0n) is 16.5. The van der Waals surface area contributed by atoms with Crippen LogP contribution in [0.4, 0.5) is 0 Å². The van der Waals surface area contributed by atoms with Crippen molar-refractivity contribution in [1.29, 1.82) is 0 Å². The number of hydrogen-bond donors (Lipinski definition) is 2. The van der Waals surface area contributed by atoms with Crippen LogP contribution < -0.4 is 15.4 Å². The third-order valence-corrected chi connectivity index (χ3v) is 4.10. The van der Waals surface area contributed by atoms with Crippen LogP contribution in [-0.4, -0.2) is 50.6 Å². The maximum atomic E-state index is 11.9. The molecule has 0 unspecified atom stereocenters. The summed E-state index contributed by atoms with van der Waals surface area (Å²) in [5.74, 6) is 1.49. The van der Waals surface area contributed by atoms with Crippen LogP contribution in [-0.2, 0) is 6.54 Å². The van der Waals surface area contributed by atoms with Crippen LogP contribution in [0.1, 0.15) is 22.8 Å². The number of hydrogen-bond acceptors (Lipinski definition) is 3. The number of nitrogens with one attached hydrogen (secondary N) is 2. The Morgan fingerprint density at radius 1 is 1.07 bits per heavy atom. The fourth-order valence-corrected chi connectivity index (χ4v) is 2.52. The van der Waals surface area contributed by atoms with Crippen molar-refractivity contribution in [3.05, 3.63) is 64.7 Å². The van der Waals surface area contributed by atoms with E-state index in [4.69, 9.17) is 16.3 Å². The Labute approximate surface area is 171 Å². The Balaban J connectivity index is 1.84. The summed E-state index contributed by atoms with van der Waals surface area (Å²) in [6.45, 7) is 4.42. The van der Waals surface area contributed by atoms with Crippen molar-refractivity contribution >= 4 is 23.5 Å². The third-order valence-electron chi connectivity index (χ3n) is 3.85. The second kappa shape index (κ2) is 11.2. The van der Waals surface area contributed by atoms with E-state index >= 15 is 0 Å². The van der Waals surface area contributed by atoms with Crippen molar-refractivity contribution in [2.45, 2.75) is 13.5 Å². The van der Waals surface area contributed by atoms with E-state index in [1.807, 2.05) is 43.3 Å². The lowest BCUT2D eigenvalue weighted by molar-refractivity contribution is 0.0827. The molecule has 2 rings (SSSR count). The number of rotatable bonds is 8. The number of carbonyl (C=O) groups excluding carboxylic acids is 1. The second-order valence-electron chi connectivity index (χ2n) is 6.32. The number of carbonyl (C=O) groups is 1. The van der Waals surface area contributed by atoms with Crippen molar-refractivity contribution in [3.63, 3.8) is 0 Å². The third kappa shape index (κ3) is 7.12. The summed E-state index contributed by atoms with van der Waals surface area (Å²) in [6, 6.07) is 14.8. The highest BCUT2D eigenvalue weighted by atomic mass is 35.5. The summed E-state index contributed by atoms with van der Waals surface area (Å²) in [5, 5.41) is 7.14. The number of benzene rings is 2. The number of amides is 1. The summed E-state index contributed by atoms with van der Waals surface area (Å²) >= 11 is 5.86. The zero-order valence-corrected chi connectivity index (χ0v) is 17.3. The highest BCUT2D eigenvalue weighted by Crippen LogP contribution is 2.15. The summed E-state index contributed by atoms with van der Waals surface area (Å²) in [7, 11) is 3.48. The minimum absolute atomic E-state index is 0.00857. The van der Waals surface area contributed by atoms with Gasteiger partial charge in [0.05, 0.1) is 13.1 Å². The number of aliphatic imine (C=N–C) groups is 1. The molecule has 0 bridgehead atoms. The normalized spacial score (nSPS) is 11.1. The lowest BCUT2D eigenvalue weighted by Gasteiger charge is -2.12. The molecule has 150 valence electrons. The fraction of sp³-hybridized carbons (Fsp3) is 0.333. The van der Waals surface area contributed by atoms with Crippen LogP contribution in [0, 0.1) is 0 Å². The molecule has 0 aliphatic rings. The van der Waals surface area contributed by atoms with Gasteiger partial charge in [-0.2, -0.15) is 0 Å². The molecule has 0 heterocycles. The Morgan fingerprint density at radius 2 is 1.75 bits per heavy atom. The lowest BCUT2D eigenvalue weighted by atomic mass is 10.1. The van der Waals surface area contributed by atoms with Crippen LogP contribution in [0.25, 0.3) is 0 Å². The van der Waals surface area contributed by atoms with E-state index in [-0.39, 0.29) is 5.91 Å². The molecule has 2 aromatic rings. The SMILES string of the molecule is CCNC(=NCc1ccc(C(=O)N(C)C)cc1)NCCOc1ccc(Cl)cc1. The molecule has 7 heteroatoms. The molecule has 0 atom stereocenters. The smallest absolute Gasteiger partial charge is 0.253 e. The first-order chi connectivity index (χ1) is 13.5. The molecule has 0 aliphatic carbocycles. The van der Waals surface area contributed by atoms with Gasteiger partial charge in [0, 0.05) is 31.2 Å². The number of guanidine groups is 1. The van der Waals surface area contributed by atoms with Crippen LogP contribution in [0.2, 0.25) is 5.02 Å². The average Bonchev–Trinajstić information content (AvgIpc) is 2.70. The monoisotopic (exact) mass is 402 g/mol. The van der Waals surface area contributed by atoms with E-state index in [0.29, 0.717) is 30.3 Å². The van der Waals surface area contributed by atoms with Gasteiger partial charge < -0.3 is 20.3 Å². The molecule has 0 saturated heterocycles. The predicted molar refractivity (Wildman–Crippen MR) is 114 cm³/mol. The maximum absolute atomic E-state index is 11.9. The van der Waals surface area contributed by atoms with E-state index in [2.05, 4.69) is 15.6 Å². The molecule has 0 fully saturated rings. The van der Waals surface area contributed by atoms with Gasteiger partial charge in [-0.25, -0.2) is 4.99 Å². The molecule has 0 radical (unpaired) electrons. The van der Waals surface area contributed by atoms with E-state index in [1.165, 1.54) is 0 Å². The van der Waals surface area contributed by atoms with E-state index in [0.717, 1.165) is 23.8 Å². The summed E-state index contributed by atoms with van der Waals surface area (Å²) in [5.41, 5.74) is 1.70. The summed E-state index contributed by atoms with van der Waals surface area (Å²) in [4.78, 5) is 18.1.